The first-order valence-corrected chi connectivity index (χ1v) is 9.45. The van der Waals surface area contributed by atoms with Crippen molar-refractivity contribution in [1.29, 1.82) is 0 Å². The minimum Gasteiger partial charge on any atom is -0.487 e. The molecule has 0 atom stereocenters. The van der Waals surface area contributed by atoms with E-state index in [-0.39, 0.29) is 5.82 Å². The summed E-state index contributed by atoms with van der Waals surface area (Å²) in [5, 5.41) is 6.51. The molecule has 0 fully saturated rings. The van der Waals surface area contributed by atoms with Gasteiger partial charge in [0.25, 0.3) is 0 Å². The fourth-order valence-corrected chi connectivity index (χ4v) is 2.75. The van der Waals surface area contributed by atoms with Crippen molar-refractivity contribution < 1.29 is 9.13 Å². The average molecular weight is 392 g/mol. The Labute approximate surface area is 170 Å². The zero-order chi connectivity index (χ0) is 20.5. The summed E-state index contributed by atoms with van der Waals surface area (Å²) in [5.74, 6) is 1.29. The second kappa shape index (κ2) is 10.2. The SMILES string of the molecule is CN=C(NCc1ccc(OCc2ccccn2)cc1)NCc1ccc(F)c(C)c1. The highest BCUT2D eigenvalue weighted by Gasteiger charge is 2.03. The summed E-state index contributed by atoms with van der Waals surface area (Å²) in [4.78, 5) is 8.47. The van der Waals surface area contributed by atoms with E-state index in [1.54, 1.807) is 26.2 Å². The van der Waals surface area contributed by atoms with Gasteiger partial charge in [-0.1, -0.05) is 30.3 Å². The topological polar surface area (TPSA) is 58.5 Å². The van der Waals surface area contributed by atoms with Crippen LogP contribution in [0.4, 0.5) is 4.39 Å². The van der Waals surface area contributed by atoms with Crippen LogP contribution in [0.25, 0.3) is 0 Å². The number of halogens is 1. The molecular weight excluding hydrogens is 367 g/mol. The number of hydrogen-bond acceptors (Lipinski definition) is 3. The lowest BCUT2D eigenvalue weighted by Crippen LogP contribution is -2.36. The summed E-state index contributed by atoms with van der Waals surface area (Å²) in [5.41, 5.74) is 3.64. The molecule has 1 aromatic heterocycles. The number of aryl methyl sites for hydroxylation is 1. The molecule has 29 heavy (non-hydrogen) atoms. The zero-order valence-electron chi connectivity index (χ0n) is 16.7. The molecule has 0 aliphatic carbocycles. The molecule has 0 bridgehead atoms. The van der Waals surface area contributed by atoms with E-state index in [9.17, 15) is 4.39 Å². The third kappa shape index (κ3) is 6.31. The van der Waals surface area contributed by atoms with Gasteiger partial charge in [0.15, 0.2) is 5.96 Å². The Morgan fingerprint density at radius 1 is 1.00 bits per heavy atom. The second-order valence-electron chi connectivity index (χ2n) is 6.62. The predicted octanol–water partition coefficient (Wildman–Crippen LogP) is 3.97. The first-order valence-electron chi connectivity index (χ1n) is 9.45. The molecule has 150 valence electrons. The maximum Gasteiger partial charge on any atom is 0.191 e. The first kappa shape index (κ1) is 20.3. The molecule has 0 aliphatic rings. The van der Waals surface area contributed by atoms with E-state index in [4.69, 9.17) is 4.74 Å². The number of benzene rings is 2. The summed E-state index contributed by atoms with van der Waals surface area (Å²) in [6.45, 7) is 3.40. The quantitative estimate of drug-likeness (QED) is 0.472. The van der Waals surface area contributed by atoms with Crippen LogP contribution in [0.15, 0.2) is 71.9 Å². The van der Waals surface area contributed by atoms with Crippen LogP contribution in [-0.2, 0) is 19.7 Å². The third-order valence-corrected chi connectivity index (χ3v) is 4.40. The molecular formula is C23H25FN4O. The monoisotopic (exact) mass is 392 g/mol. The van der Waals surface area contributed by atoms with E-state index in [1.165, 1.54) is 6.07 Å². The minimum absolute atomic E-state index is 0.191. The van der Waals surface area contributed by atoms with Gasteiger partial charge in [-0.15, -0.1) is 0 Å². The molecule has 1 heterocycles. The van der Waals surface area contributed by atoms with Gasteiger partial charge in [-0.05, 0) is 53.9 Å². The number of hydrogen-bond donors (Lipinski definition) is 2. The van der Waals surface area contributed by atoms with Crippen LogP contribution in [0.5, 0.6) is 5.75 Å². The van der Waals surface area contributed by atoms with Gasteiger partial charge in [-0.3, -0.25) is 9.98 Å². The largest absolute Gasteiger partial charge is 0.487 e. The molecule has 2 aromatic carbocycles. The van der Waals surface area contributed by atoms with Crippen LogP contribution in [0.1, 0.15) is 22.4 Å². The van der Waals surface area contributed by atoms with Crippen LogP contribution in [0, 0.1) is 12.7 Å². The number of guanidine groups is 1. The van der Waals surface area contributed by atoms with Gasteiger partial charge in [0.05, 0.1) is 5.69 Å². The number of ether oxygens (including phenoxy) is 1. The number of aromatic nitrogens is 1. The smallest absolute Gasteiger partial charge is 0.191 e. The molecule has 0 amide bonds. The summed E-state index contributed by atoms with van der Waals surface area (Å²) in [6.07, 6.45) is 1.76. The number of pyridine rings is 1. The third-order valence-electron chi connectivity index (χ3n) is 4.40. The highest BCUT2D eigenvalue weighted by atomic mass is 19.1. The van der Waals surface area contributed by atoms with Gasteiger partial charge < -0.3 is 15.4 Å². The van der Waals surface area contributed by atoms with Crippen LogP contribution in [0.3, 0.4) is 0 Å². The van der Waals surface area contributed by atoms with Crippen molar-refractivity contribution in [3.63, 3.8) is 0 Å². The van der Waals surface area contributed by atoms with E-state index >= 15 is 0 Å². The summed E-state index contributed by atoms with van der Waals surface area (Å²) >= 11 is 0. The molecule has 0 radical (unpaired) electrons. The highest BCUT2D eigenvalue weighted by molar-refractivity contribution is 5.79. The van der Waals surface area contributed by atoms with Gasteiger partial charge in [-0.25, -0.2) is 4.39 Å². The Morgan fingerprint density at radius 3 is 2.38 bits per heavy atom. The maximum atomic E-state index is 13.4. The predicted molar refractivity (Wildman–Crippen MR) is 113 cm³/mol. The molecule has 0 unspecified atom stereocenters. The average Bonchev–Trinajstić information content (AvgIpc) is 2.76. The van der Waals surface area contributed by atoms with Crippen molar-refractivity contribution in [2.75, 3.05) is 7.05 Å². The normalized spacial score (nSPS) is 11.2. The molecule has 0 aliphatic heterocycles. The second-order valence-corrected chi connectivity index (χ2v) is 6.62. The molecule has 0 spiro atoms. The van der Waals surface area contributed by atoms with Crippen molar-refractivity contribution in [3.8, 4) is 5.75 Å². The summed E-state index contributed by atoms with van der Waals surface area (Å²) in [7, 11) is 1.72. The molecule has 5 nitrogen and oxygen atoms in total. The maximum absolute atomic E-state index is 13.4. The lowest BCUT2D eigenvalue weighted by molar-refractivity contribution is 0.301. The highest BCUT2D eigenvalue weighted by Crippen LogP contribution is 2.14. The molecule has 2 N–H and O–H groups in total. The van der Waals surface area contributed by atoms with Crippen molar-refractivity contribution >= 4 is 5.96 Å². The van der Waals surface area contributed by atoms with Gasteiger partial charge >= 0.3 is 0 Å². The van der Waals surface area contributed by atoms with Crippen LogP contribution in [0.2, 0.25) is 0 Å². The van der Waals surface area contributed by atoms with E-state index in [0.29, 0.717) is 31.2 Å². The standard InChI is InChI=1S/C23H25FN4O/c1-17-13-19(8-11-22(17)24)15-28-23(25-2)27-14-18-6-9-21(10-7-18)29-16-20-5-3-4-12-26-20/h3-13H,14-16H2,1-2H3,(H2,25,27,28). The molecule has 0 saturated heterocycles. The van der Waals surface area contributed by atoms with Gasteiger partial charge in [0, 0.05) is 26.3 Å². The lowest BCUT2D eigenvalue weighted by atomic mass is 10.1. The molecule has 6 heteroatoms. The minimum atomic E-state index is -0.191. The van der Waals surface area contributed by atoms with Crippen molar-refractivity contribution in [2.45, 2.75) is 26.6 Å². The lowest BCUT2D eigenvalue weighted by Gasteiger charge is -2.13. The Kier molecular flexibility index (Phi) is 7.16. The Morgan fingerprint density at radius 2 is 1.72 bits per heavy atom. The van der Waals surface area contributed by atoms with Crippen LogP contribution < -0.4 is 15.4 Å². The Bertz CT molecular complexity index is 943. The van der Waals surface area contributed by atoms with Gasteiger partial charge in [0.2, 0.25) is 0 Å². The van der Waals surface area contributed by atoms with Gasteiger partial charge in [0.1, 0.15) is 18.2 Å². The molecule has 3 aromatic rings. The molecule has 3 rings (SSSR count). The zero-order valence-corrected chi connectivity index (χ0v) is 16.7. The van der Waals surface area contributed by atoms with E-state index in [1.807, 2.05) is 48.5 Å². The van der Waals surface area contributed by atoms with Crippen molar-refractivity contribution in [3.05, 3.63) is 95.1 Å². The number of nitrogens with one attached hydrogen (secondary N) is 2. The van der Waals surface area contributed by atoms with Gasteiger partial charge in [-0.2, -0.15) is 0 Å². The van der Waals surface area contributed by atoms with Crippen molar-refractivity contribution in [2.24, 2.45) is 4.99 Å². The van der Waals surface area contributed by atoms with E-state index in [0.717, 1.165) is 22.6 Å². The summed E-state index contributed by atoms with van der Waals surface area (Å²) in [6, 6.07) is 18.8. The van der Waals surface area contributed by atoms with Crippen LogP contribution in [-0.4, -0.2) is 18.0 Å². The van der Waals surface area contributed by atoms with Crippen LogP contribution >= 0.6 is 0 Å². The Balaban J connectivity index is 1.46. The number of aliphatic imine (C=N–C) groups is 1. The fraction of sp³-hybridized carbons (Fsp3) is 0.217. The van der Waals surface area contributed by atoms with E-state index in [2.05, 4.69) is 20.6 Å². The van der Waals surface area contributed by atoms with Crippen molar-refractivity contribution in [1.82, 2.24) is 15.6 Å². The van der Waals surface area contributed by atoms with E-state index < -0.39 is 0 Å². The summed E-state index contributed by atoms with van der Waals surface area (Å²) < 4.78 is 19.1. The molecule has 0 saturated carbocycles. The fourth-order valence-electron chi connectivity index (χ4n) is 2.75. The number of nitrogens with zero attached hydrogens (tertiary/aromatic N) is 2. The first-order chi connectivity index (χ1) is 14.1. The number of rotatable bonds is 7. The Hall–Kier alpha value is -3.41.